The van der Waals surface area contributed by atoms with Crippen molar-refractivity contribution in [2.75, 3.05) is 19.8 Å². The smallest absolute Gasteiger partial charge is 0.220 e. The highest BCUT2D eigenvalue weighted by Crippen LogP contribution is 2.18. The van der Waals surface area contributed by atoms with Crippen molar-refractivity contribution in [2.45, 2.75) is 6.29 Å². The van der Waals surface area contributed by atoms with E-state index in [4.69, 9.17) is 14.4 Å². The Balaban J connectivity index is 1.97. The number of rotatable bonds is 1. The number of hydrogen-bond donors (Lipinski definition) is 0. The summed E-state index contributed by atoms with van der Waals surface area (Å²) in [5.41, 5.74) is 0. The van der Waals surface area contributed by atoms with Crippen molar-refractivity contribution in [3.63, 3.8) is 0 Å². The van der Waals surface area contributed by atoms with Gasteiger partial charge in [0, 0.05) is 0 Å². The molecule has 0 amide bonds. The lowest BCUT2D eigenvalue weighted by atomic mass is 10.4. The Hall–Kier alpha value is -0.580. The molecule has 0 radical (unpaired) electrons. The highest BCUT2D eigenvalue weighted by atomic mass is 17.2. The van der Waals surface area contributed by atoms with Crippen molar-refractivity contribution < 1.29 is 19.2 Å². The summed E-state index contributed by atoms with van der Waals surface area (Å²) in [5, 5.41) is 0. The van der Waals surface area contributed by atoms with Gasteiger partial charge in [0.2, 0.25) is 6.29 Å². The topological polar surface area (TPSA) is 36.9 Å². The molecule has 4 heteroatoms. The summed E-state index contributed by atoms with van der Waals surface area (Å²) in [7, 11) is 0. The van der Waals surface area contributed by atoms with Crippen molar-refractivity contribution in [1.82, 2.24) is 0 Å². The SMILES string of the molecule is C1=C(C2OCCO2)OOC1. The summed E-state index contributed by atoms with van der Waals surface area (Å²) in [4.78, 5) is 9.36. The van der Waals surface area contributed by atoms with Crippen LogP contribution in [0.3, 0.4) is 0 Å². The summed E-state index contributed by atoms with van der Waals surface area (Å²) < 4.78 is 10.3. The van der Waals surface area contributed by atoms with E-state index in [0.717, 1.165) is 0 Å². The van der Waals surface area contributed by atoms with Gasteiger partial charge in [0.05, 0.1) is 13.2 Å². The molecule has 0 aliphatic carbocycles. The van der Waals surface area contributed by atoms with Crippen LogP contribution in [0.15, 0.2) is 11.8 Å². The average Bonchev–Trinajstić information content (AvgIpc) is 2.59. The van der Waals surface area contributed by atoms with E-state index >= 15 is 0 Å². The van der Waals surface area contributed by atoms with Gasteiger partial charge in [0.25, 0.3) is 0 Å². The molecule has 0 spiro atoms. The molecule has 0 bridgehead atoms. The normalized spacial score (nSPS) is 26.6. The first kappa shape index (κ1) is 6.15. The number of ether oxygens (including phenoxy) is 2. The highest BCUT2D eigenvalue weighted by Gasteiger charge is 2.25. The van der Waals surface area contributed by atoms with Gasteiger partial charge in [-0.25, -0.2) is 0 Å². The van der Waals surface area contributed by atoms with Gasteiger partial charge < -0.3 is 14.4 Å². The zero-order valence-corrected chi connectivity index (χ0v) is 5.41. The zero-order chi connectivity index (χ0) is 6.81. The Morgan fingerprint density at radius 1 is 1.30 bits per heavy atom. The predicted molar refractivity (Wildman–Crippen MR) is 30.8 cm³/mol. The first-order valence-electron chi connectivity index (χ1n) is 3.19. The summed E-state index contributed by atoms with van der Waals surface area (Å²) in [6, 6.07) is 0. The Bertz CT molecular complexity index is 148. The molecule has 0 N–H and O–H groups in total. The van der Waals surface area contributed by atoms with Crippen molar-refractivity contribution >= 4 is 0 Å². The van der Waals surface area contributed by atoms with Gasteiger partial charge >= 0.3 is 0 Å². The van der Waals surface area contributed by atoms with E-state index in [9.17, 15) is 0 Å². The lowest BCUT2D eigenvalue weighted by molar-refractivity contribution is -0.254. The molecule has 0 aromatic carbocycles. The highest BCUT2D eigenvalue weighted by molar-refractivity contribution is 4.99. The van der Waals surface area contributed by atoms with Crippen LogP contribution in [-0.2, 0) is 19.2 Å². The average molecular weight is 144 g/mol. The molecule has 0 atom stereocenters. The number of hydrogen-bond acceptors (Lipinski definition) is 4. The van der Waals surface area contributed by atoms with Crippen molar-refractivity contribution in [3.8, 4) is 0 Å². The van der Waals surface area contributed by atoms with Gasteiger partial charge in [0.15, 0.2) is 5.76 Å². The molecular weight excluding hydrogens is 136 g/mol. The van der Waals surface area contributed by atoms with E-state index in [2.05, 4.69) is 4.89 Å². The quantitative estimate of drug-likeness (QED) is 0.493. The first-order valence-corrected chi connectivity index (χ1v) is 3.19. The van der Waals surface area contributed by atoms with Crippen LogP contribution in [0.4, 0.5) is 0 Å². The van der Waals surface area contributed by atoms with Crippen LogP contribution >= 0.6 is 0 Å². The molecule has 1 saturated heterocycles. The van der Waals surface area contributed by atoms with Gasteiger partial charge in [-0.15, -0.1) is 0 Å². The Labute approximate surface area is 58.2 Å². The van der Waals surface area contributed by atoms with E-state index in [0.29, 0.717) is 25.6 Å². The fourth-order valence-electron chi connectivity index (χ4n) is 0.910. The van der Waals surface area contributed by atoms with E-state index in [1.165, 1.54) is 0 Å². The molecule has 0 saturated carbocycles. The monoisotopic (exact) mass is 144 g/mol. The van der Waals surface area contributed by atoms with Crippen molar-refractivity contribution in [3.05, 3.63) is 11.8 Å². The molecule has 2 aliphatic rings. The summed E-state index contributed by atoms with van der Waals surface area (Å²) in [6.45, 7) is 1.75. The van der Waals surface area contributed by atoms with Crippen LogP contribution in [-0.4, -0.2) is 26.1 Å². The van der Waals surface area contributed by atoms with Crippen LogP contribution in [0.25, 0.3) is 0 Å². The third-order valence-electron chi connectivity index (χ3n) is 1.36. The second-order valence-electron chi connectivity index (χ2n) is 2.05. The summed E-state index contributed by atoms with van der Waals surface area (Å²) in [6.07, 6.45) is 1.47. The second-order valence-corrected chi connectivity index (χ2v) is 2.05. The van der Waals surface area contributed by atoms with Crippen LogP contribution in [0, 0.1) is 0 Å². The Morgan fingerprint density at radius 2 is 2.10 bits per heavy atom. The van der Waals surface area contributed by atoms with E-state index < -0.39 is 0 Å². The maximum atomic E-state index is 5.14. The molecule has 2 heterocycles. The van der Waals surface area contributed by atoms with Gasteiger partial charge in [-0.05, 0) is 6.08 Å². The van der Waals surface area contributed by atoms with Gasteiger partial charge in [0.1, 0.15) is 6.61 Å². The van der Waals surface area contributed by atoms with Crippen LogP contribution in [0.1, 0.15) is 0 Å². The van der Waals surface area contributed by atoms with Crippen LogP contribution in [0.5, 0.6) is 0 Å². The molecule has 56 valence electrons. The molecule has 0 aromatic heterocycles. The third kappa shape index (κ3) is 1.01. The lowest BCUT2D eigenvalue weighted by Gasteiger charge is -2.06. The summed E-state index contributed by atoms with van der Waals surface area (Å²) in [5.74, 6) is 0.637. The van der Waals surface area contributed by atoms with E-state index in [1.54, 1.807) is 6.08 Å². The third-order valence-corrected chi connectivity index (χ3v) is 1.36. The fraction of sp³-hybridized carbons (Fsp3) is 0.667. The molecule has 10 heavy (non-hydrogen) atoms. The molecule has 2 rings (SSSR count). The Kier molecular flexibility index (Phi) is 1.58. The minimum absolute atomic E-state index is 0.331. The lowest BCUT2D eigenvalue weighted by Crippen LogP contribution is -2.10. The molecular formula is C6H8O4. The largest absolute Gasteiger partial charge is 0.343 e. The molecule has 2 aliphatic heterocycles. The van der Waals surface area contributed by atoms with E-state index in [1.807, 2.05) is 0 Å². The van der Waals surface area contributed by atoms with Gasteiger partial charge in [-0.3, -0.25) is 0 Å². The molecule has 4 nitrogen and oxygen atoms in total. The minimum atomic E-state index is -0.331. The van der Waals surface area contributed by atoms with Crippen molar-refractivity contribution in [2.24, 2.45) is 0 Å². The molecule has 0 aromatic rings. The van der Waals surface area contributed by atoms with Crippen LogP contribution < -0.4 is 0 Å². The van der Waals surface area contributed by atoms with Gasteiger partial charge in [-0.1, -0.05) is 0 Å². The predicted octanol–water partition coefficient (Wildman–Crippen LogP) is 0.205. The van der Waals surface area contributed by atoms with Gasteiger partial charge in [-0.2, -0.15) is 4.89 Å². The zero-order valence-electron chi connectivity index (χ0n) is 5.41. The van der Waals surface area contributed by atoms with E-state index in [-0.39, 0.29) is 6.29 Å². The Morgan fingerprint density at radius 3 is 2.70 bits per heavy atom. The first-order chi connectivity index (χ1) is 4.97. The second kappa shape index (κ2) is 2.57. The summed E-state index contributed by atoms with van der Waals surface area (Å²) >= 11 is 0. The fourth-order valence-corrected chi connectivity index (χ4v) is 0.910. The minimum Gasteiger partial charge on any atom is -0.343 e. The standard InChI is InChI=1S/C6H8O4/c1-2-9-10-5(1)6-7-3-4-8-6/h1,6H,2-4H2. The van der Waals surface area contributed by atoms with Crippen molar-refractivity contribution in [1.29, 1.82) is 0 Å². The maximum absolute atomic E-state index is 5.14. The molecule has 1 fully saturated rings. The molecule has 0 unspecified atom stereocenters. The maximum Gasteiger partial charge on any atom is 0.220 e. The van der Waals surface area contributed by atoms with Crippen LogP contribution in [0.2, 0.25) is 0 Å².